The molecule has 2 rings (SSSR count). The Bertz CT molecular complexity index is 476. The molecular weight excluding hydrogens is 254 g/mol. The van der Waals surface area contributed by atoms with Gasteiger partial charge in [-0.1, -0.05) is 0 Å². The first-order chi connectivity index (χ1) is 9.52. The lowest BCUT2D eigenvalue weighted by Crippen LogP contribution is -2.58. The van der Waals surface area contributed by atoms with Crippen molar-refractivity contribution in [3.8, 4) is 0 Å². The van der Waals surface area contributed by atoms with Crippen molar-refractivity contribution in [3.63, 3.8) is 0 Å². The second kappa shape index (κ2) is 6.28. The summed E-state index contributed by atoms with van der Waals surface area (Å²) in [7, 11) is 3.60. The molecule has 1 N–H and O–H groups in total. The molecular formula is C14H23N5O. The largest absolute Gasteiger partial charge is 0.347 e. The first kappa shape index (κ1) is 14.9. The molecule has 0 aromatic carbocycles. The topological polar surface area (TPSA) is 61.4 Å². The van der Waals surface area contributed by atoms with E-state index < -0.39 is 0 Å². The van der Waals surface area contributed by atoms with Gasteiger partial charge in [-0.25, -0.2) is 0 Å². The number of likely N-dealkylation sites (N-methyl/N-ethyl adjacent to an activating group) is 1. The first-order valence-electron chi connectivity index (χ1n) is 6.97. The summed E-state index contributed by atoms with van der Waals surface area (Å²) in [6.45, 7) is 6.46. The second-order valence-corrected chi connectivity index (χ2v) is 5.39. The van der Waals surface area contributed by atoms with Gasteiger partial charge >= 0.3 is 0 Å². The van der Waals surface area contributed by atoms with Crippen LogP contribution in [0.2, 0.25) is 0 Å². The van der Waals surface area contributed by atoms with Crippen molar-refractivity contribution < 1.29 is 4.79 Å². The van der Waals surface area contributed by atoms with Crippen LogP contribution in [-0.4, -0.2) is 65.4 Å². The maximum Gasteiger partial charge on any atom is 0.240 e. The van der Waals surface area contributed by atoms with E-state index in [1.165, 1.54) is 0 Å². The van der Waals surface area contributed by atoms with Gasteiger partial charge in [0.15, 0.2) is 0 Å². The molecule has 6 nitrogen and oxygen atoms in total. The van der Waals surface area contributed by atoms with Crippen LogP contribution in [0.15, 0.2) is 12.4 Å². The molecule has 110 valence electrons. The van der Waals surface area contributed by atoms with Gasteiger partial charge in [-0.2, -0.15) is 0 Å². The molecule has 2 heterocycles. The lowest BCUT2D eigenvalue weighted by Gasteiger charge is -2.40. The van der Waals surface area contributed by atoms with Gasteiger partial charge in [-0.15, -0.1) is 0 Å². The Balaban J connectivity index is 2.24. The Morgan fingerprint density at radius 3 is 2.80 bits per heavy atom. The van der Waals surface area contributed by atoms with Crippen LogP contribution in [0.25, 0.3) is 0 Å². The number of nitrogens with one attached hydrogen (secondary N) is 1. The SMILES string of the molecule is Cc1nccnc1C(C)N1CCNCC1C(=O)N(C)C. The van der Waals surface area contributed by atoms with Crippen LogP contribution >= 0.6 is 0 Å². The highest BCUT2D eigenvalue weighted by atomic mass is 16.2. The molecule has 1 saturated heterocycles. The number of aromatic nitrogens is 2. The highest BCUT2D eigenvalue weighted by Crippen LogP contribution is 2.23. The van der Waals surface area contributed by atoms with E-state index in [-0.39, 0.29) is 18.0 Å². The van der Waals surface area contributed by atoms with Gasteiger partial charge in [0.05, 0.1) is 17.4 Å². The van der Waals surface area contributed by atoms with Crippen LogP contribution in [0.5, 0.6) is 0 Å². The molecule has 1 aromatic rings. The maximum atomic E-state index is 12.3. The Morgan fingerprint density at radius 2 is 2.15 bits per heavy atom. The normalized spacial score (nSPS) is 21.5. The lowest BCUT2D eigenvalue weighted by molar-refractivity contribution is -0.136. The number of carbonyl (C=O) groups excluding carboxylic acids is 1. The number of hydrogen-bond donors (Lipinski definition) is 1. The number of nitrogens with zero attached hydrogens (tertiary/aromatic N) is 4. The van der Waals surface area contributed by atoms with Crippen molar-refractivity contribution in [2.45, 2.75) is 25.9 Å². The molecule has 6 heteroatoms. The van der Waals surface area contributed by atoms with Crippen LogP contribution in [0.3, 0.4) is 0 Å². The highest BCUT2D eigenvalue weighted by Gasteiger charge is 2.34. The number of piperazine rings is 1. The fourth-order valence-electron chi connectivity index (χ4n) is 2.70. The Kier molecular flexibility index (Phi) is 4.67. The number of amides is 1. The predicted molar refractivity (Wildman–Crippen MR) is 77.2 cm³/mol. The number of hydrogen-bond acceptors (Lipinski definition) is 5. The molecule has 2 unspecified atom stereocenters. The third kappa shape index (κ3) is 2.96. The van der Waals surface area contributed by atoms with E-state index in [4.69, 9.17) is 0 Å². The van der Waals surface area contributed by atoms with Crippen LogP contribution in [-0.2, 0) is 4.79 Å². The fourth-order valence-corrected chi connectivity index (χ4v) is 2.70. The van der Waals surface area contributed by atoms with Crippen molar-refractivity contribution in [3.05, 3.63) is 23.8 Å². The third-order valence-electron chi connectivity index (χ3n) is 3.82. The van der Waals surface area contributed by atoms with Crippen LogP contribution in [0, 0.1) is 6.92 Å². The molecule has 20 heavy (non-hydrogen) atoms. The molecule has 0 bridgehead atoms. The minimum Gasteiger partial charge on any atom is -0.347 e. The minimum absolute atomic E-state index is 0.0831. The van der Waals surface area contributed by atoms with Crippen LogP contribution < -0.4 is 5.32 Å². The molecule has 1 aliphatic heterocycles. The Hall–Kier alpha value is -1.53. The van der Waals surface area contributed by atoms with Gasteiger partial charge < -0.3 is 10.2 Å². The molecule has 1 amide bonds. The van der Waals surface area contributed by atoms with Gasteiger partial charge in [-0.05, 0) is 13.8 Å². The highest BCUT2D eigenvalue weighted by molar-refractivity contribution is 5.81. The molecule has 0 spiro atoms. The monoisotopic (exact) mass is 277 g/mol. The third-order valence-corrected chi connectivity index (χ3v) is 3.82. The minimum atomic E-state index is -0.143. The van der Waals surface area contributed by atoms with Crippen LogP contribution in [0.4, 0.5) is 0 Å². The summed E-state index contributed by atoms with van der Waals surface area (Å²) in [5.74, 6) is 0.130. The number of carbonyl (C=O) groups is 1. The summed E-state index contributed by atoms with van der Waals surface area (Å²) in [5, 5.41) is 3.30. The van der Waals surface area contributed by atoms with E-state index in [0.717, 1.165) is 24.5 Å². The Labute approximate surface area is 120 Å². The zero-order valence-electron chi connectivity index (χ0n) is 12.6. The summed E-state index contributed by atoms with van der Waals surface area (Å²) < 4.78 is 0. The summed E-state index contributed by atoms with van der Waals surface area (Å²) >= 11 is 0. The molecule has 1 aromatic heterocycles. The molecule has 1 fully saturated rings. The van der Waals surface area contributed by atoms with Crippen molar-refractivity contribution in [1.29, 1.82) is 0 Å². The average Bonchev–Trinajstić information content (AvgIpc) is 2.46. The fraction of sp³-hybridized carbons (Fsp3) is 0.643. The van der Waals surface area contributed by atoms with Gasteiger partial charge in [0, 0.05) is 46.1 Å². The zero-order chi connectivity index (χ0) is 14.7. The second-order valence-electron chi connectivity index (χ2n) is 5.39. The van der Waals surface area contributed by atoms with E-state index in [2.05, 4.69) is 27.1 Å². The van der Waals surface area contributed by atoms with Crippen LogP contribution in [0.1, 0.15) is 24.4 Å². The average molecular weight is 277 g/mol. The van der Waals surface area contributed by atoms with Crippen molar-refractivity contribution in [2.24, 2.45) is 0 Å². The van der Waals surface area contributed by atoms with Gasteiger partial charge in [0.25, 0.3) is 0 Å². The maximum absolute atomic E-state index is 12.3. The molecule has 0 saturated carbocycles. The van der Waals surface area contributed by atoms with Crippen molar-refractivity contribution in [1.82, 2.24) is 25.1 Å². The standard InChI is InChI=1S/C14H23N5O/c1-10-13(17-6-5-16-10)11(2)19-8-7-15-9-12(19)14(20)18(3)4/h5-6,11-12,15H,7-9H2,1-4H3. The summed E-state index contributed by atoms with van der Waals surface area (Å²) in [6.07, 6.45) is 3.41. The first-order valence-corrected chi connectivity index (χ1v) is 6.97. The van der Waals surface area contributed by atoms with Crippen molar-refractivity contribution in [2.75, 3.05) is 33.7 Å². The molecule has 0 aliphatic carbocycles. The molecule has 2 atom stereocenters. The molecule has 1 aliphatic rings. The van der Waals surface area contributed by atoms with E-state index in [1.807, 2.05) is 6.92 Å². The van der Waals surface area contributed by atoms with Crippen molar-refractivity contribution >= 4 is 5.91 Å². The number of rotatable bonds is 3. The van der Waals surface area contributed by atoms with E-state index in [0.29, 0.717) is 6.54 Å². The molecule has 0 radical (unpaired) electrons. The summed E-state index contributed by atoms with van der Waals surface area (Å²) in [6, 6.07) is -0.0603. The number of aryl methyl sites for hydroxylation is 1. The predicted octanol–water partition coefficient (Wildman–Crippen LogP) is 0.208. The van der Waals surface area contributed by atoms with Gasteiger partial charge in [0.2, 0.25) is 5.91 Å². The van der Waals surface area contributed by atoms with E-state index >= 15 is 0 Å². The summed E-state index contributed by atoms with van der Waals surface area (Å²) in [5.41, 5.74) is 1.88. The Morgan fingerprint density at radius 1 is 1.45 bits per heavy atom. The quantitative estimate of drug-likeness (QED) is 0.856. The van der Waals surface area contributed by atoms with E-state index in [1.54, 1.807) is 31.4 Å². The van der Waals surface area contributed by atoms with Gasteiger partial charge in [0.1, 0.15) is 6.04 Å². The van der Waals surface area contributed by atoms with Gasteiger partial charge in [-0.3, -0.25) is 19.7 Å². The zero-order valence-corrected chi connectivity index (χ0v) is 12.6. The summed E-state index contributed by atoms with van der Waals surface area (Å²) in [4.78, 5) is 25.0. The van der Waals surface area contributed by atoms with E-state index in [9.17, 15) is 4.79 Å². The smallest absolute Gasteiger partial charge is 0.240 e. The lowest BCUT2D eigenvalue weighted by atomic mass is 10.1.